The number of amides is 1. The van der Waals surface area contributed by atoms with Crippen molar-refractivity contribution in [3.63, 3.8) is 0 Å². The number of H-pyrrole nitrogens is 2. The molecule has 0 spiro atoms. The molecule has 0 aliphatic heterocycles. The van der Waals surface area contributed by atoms with Crippen molar-refractivity contribution in [1.82, 2.24) is 30.5 Å². The van der Waals surface area contributed by atoms with Crippen molar-refractivity contribution in [2.24, 2.45) is 5.41 Å². The number of nitrogens with one attached hydrogen (secondary N) is 2. The third kappa shape index (κ3) is 3.20. The van der Waals surface area contributed by atoms with Gasteiger partial charge in [-0.1, -0.05) is 26.0 Å². The van der Waals surface area contributed by atoms with Gasteiger partial charge in [0.15, 0.2) is 11.6 Å². The van der Waals surface area contributed by atoms with Crippen LogP contribution in [0.1, 0.15) is 71.0 Å². The zero-order valence-electron chi connectivity index (χ0n) is 15.3. The summed E-state index contributed by atoms with van der Waals surface area (Å²) >= 11 is 0. The average Bonchev–Trinajstić information content (AvgIpc) is 3.13. The number of aromatic nitrogens is 5. The fourth-order valence-corrected chi connectivity index (χ4v) is 3.59. The van der Waals surface area contributed by atoms with Crippen molar-refractivity contribution in [1.29, 1.82) is 0 Å². The largest absolute Gasteiger partial charge is 0.354 e. The van der Waals surface area contributed by atoms with Crippen molar-refractivity contribution in [3.05, 3.63) is 28.3 Å². The fraction of sp³-hybridized carbons (Fsp3) is 0.588. The van der Waals surface area contributed by atoms with E-state index in [4.69, 9.17) is 0 Å². The smallest absolute Gasteiger partial charge is 0.270 e. The van der Waals surface area contributed by atoms with Gasteiger partial charge in [0.25, 0.3) is 5.91 Å². The fourth-order valence-electron chi connectivity index (χ4n) is 3.59. The molecule has 3 rings (SSSR count). The lowest BCUT2D eigenvalue weighted by Crippen LogP contribution is -2.31. The Labute approximate surface area is 146 Å². The molecule has 8 nitrogen and oxygen atoms in total. The van der Waals surface area contributed by atoms with Crippen LogP contribution in [0.15, 0.2) is 0 Å². The molecule has 0 radical (unpaired) electrons. The number of Topliss-reactive ketones (excluding diaryl/α,β-unsaturated/α-hetero) is 1. The molecule has 1 atom stereocenters. The standard InChI is InChI=1S/C17H24N6O2/c1-9(15-19-21-22-20-15)8-23(5)16(25)14-10(2)13-11(18-14)6-17(3,4)7-12(13)24/h9,18H,6-8H2,1-5H3,(H,19,20,21,22)/t9-/m1/s1. The number of likely N-dealkylation sites (N-methyl/N-ethyl adjacent to an activating group) is 1. The number of carbonyl (C=O) groups excluding carboxylic acids is 2. The summed E-state index contributed by atoms with van der Waals surface area (Å²) in [5.41, 5.74) is 2.74. The minimum Gasteiger partial charge on any atom is -0.354 e. The van der Waals surface area contributed by atoms with Gasteiger partial charge in [-0.15, -0.1) is 10.2 Å². The number of hydrogen-bond acceptors (Lipinski definition) is 5. The van der Waals surface area contributed by atoms with E-state index in [0.717, 1.165) is 17.7 Å². The zero-order valence-corrected chi connectivity index (χ0v) is 15.3. The van der Waals surface area contributed by atoms with Gasteiger partial charge in [-0.05, 0) is 24.3 Å². The second-order valence-corrected chi connectivity index (χ2v) is 7.78. The Hall–Kier alpha value is -2.51. The third-order valence-electron chi connectivity index (χ3n) is 4.81. The summed E-state index contributed by atoms with van der Waals surface area (Å²) in [6.07, 6.45) is 1.28. The number of ketones is 1. The molecule has 0 saturated heterocycles. The van der Waals surface area contributed by atoms with E-state index in [0.29, 0.717) is 30.0 Å². The van der Waals surface area contributed by atoms with Gasteiger partial charge in [-0.2, -0.15) is 5.21 Å². The highest BCUT2D eigenvalue weighted by molar-refractivity contribution is 6.04. The second-order valence-electron chi connectivity index (χ2n) is 7.78. The van der Waals surface area contributed by atoms with E-state index >= 15 is 0 Å². The summed E-state index contributed by atoms with van der Waals surface area (Å²) in [7, 11) is 1.74. The van der Waals surface area contributed by atoms with Gasteiger partial charge in [-0.3, -0.25) is 9.59 Å². The molecule has 0 aromatic carbocycles. The number of hydrogen-bond donors (Lipinski definition) is 2. The quantitative estimate of drug-likeness (QED) is 0.880. The summed E-state index contributed by atoms with van der Waals surface area (Å²) in [4.78, 5) is 30.2. The van der Waals surface area contributed by atoms with E-state index in [-0.39, 0.29) is 23.0 Å². The van der Waals surface area contributed by atoms with Crippen molar-refractivity contribution in [3.8, 4) is 0 Å². The van der Waals surface area contributed by atoms with Gasteiger partial charge >= 0.3 is 0 Å². The highest BCUT2D eigenvalue weighted by atomic mass is 16.2. The molecule has 0 fully saturated rings. The monoisotopic (exact) mass is 344 g/mol. The van der Waals surface area contributed by atoms with E-state index in [2.05, 4.69) is 39.5 Å². The number of fused-ring (bicyclic) bond motifs is 1. The zero-order chi connectivity index (χ0) is 18.4. The van der Waals surface area contributed by atoms with Crippen LogP contribution in [0.3, 0.4) is 0 Å². The lowest BCUT2D eigenvalue weighted by atomic mass is 9.75. The topological polar surface area (TPSA) is 108 Å². The molecule has 134 valence electrons. The molecular weight excluding hydrogens is 320 g/mol. The first-order valence-corrected chi connectivity index (χ1v) is 8.43. The first kappa shape index (κ1) is 17.3. The average molecular weight is 344 g/mol. The molecule has 1 aliphatic carbocycles. The number of carbonyl (C=O) groups is 2. The van der Waals surface area contributed by atoms with E-state index in [1.807, 2.05) is 13.8 Å². The predicted molar refractivity (Wildman–Crippen MR) is 91.5 cm³/mol. The van der Waals surface area contributed by atoms with Gasteiger partial charge in [0.05, 0.1) is 0 Å². The molecule has 25 heavy (non-hydrogen) atoms. The minimum absolute atomic E-state index is 0.0434. The molecular formula is C17H24N6O2. The van der Waals surface area contributed by atoms with Crippen molar-refractivity contribution in [2.45, 2.75) is 46.5 Å². The number of tetrazole rings is 1. The molecule has 1 amide bonds. The normalized spacial score (nSPS) is 17.2. The Morgan fingerprint density at radius 2 is 2.08 bits per heavy atom. The van der Waals surface area contributed by atoms with Gasteiger partial charge in [-0.25, -0.2) is 0 Å². The molecule has 2 heterocycles. The highest BCUT2D eigenvalue weighted by Gasteiger charge is 2.35. The second kappa shape index (κ2) is 6.09. The van der Waals surface area contributed by atoms with Gasteiger partial charge in [0.2, 0.25) is 0 Å². The van der Waals surface area contributed by atoms with Crippen LogP contribution in [-0.4, -0.2) is 55.8 Å². The summed E-state index contributed by atoms with van der Waals surface area (Å²) in [6.45, 7) is 8.39. The molecule has 0 bridgehead atoms. The van der Waals surface area contributed by atoms with Crippen molar-refractivity contribution < 1.29 is 9.59 Å². The minimum atomic E-state index is -0.132. The van der Waals surface area contributed by atoms with Crippen LogP contribution in [-0.2, 0) is 6.42 Å². The van der Waals surface area contributed by atoms with E-state index in [1.54, 1.807) is 11.9 Å². The van der Waals surface area contributed by atoms with Gasteiger partial charge < -0.3 is 9.88 Å². The Morgan fingerprint density at radius 3 is 2.72 bits per heavy atom. The molecule has 8 heteroatoms. The molecule has 2 N–H and O–H groups in total. The lowest BCUT2D eigenvalue weighted by Gasteiger charge is -2.28. The molecule has 0 saturated carbocycles. The lowest BCUT2D eigenvalue weighted by molar-refractivity contribution is 0.0781. The Kier molecular flexibility index (Phi) is 4.22. The molecule has 2 aromatic rings. The summed E-state index contributed by atoms with van der Waals surface area (Å²) in [6, 6.07) is 0. The van der Waals surface area contributed by atoms with Crippen LogP contribution in [0.25, 0.3) is 0 Å². The van der Waals surface area contributed by atoms with Crippen LogP contribution in [0, 0.1) is 12.3 Å². The Bertz CT molecular complexity index is 805. The molecule has 1 aliphatic rings. The van der Waals surface area contributed by atoms with Crippen LogP contribution in [0.5, 0.6) is 0 Å². The molecule has 0 unspecified atom stereocenters. The van der Waals surface area contributed by atoms with Crippen LogP contribution >= 0.6 is 0 Å². The first-order chi connectivity index (χ1) is 11.7. The molecule has 2 aromatic heterocycles. The number of aromatic amines is 2. The third-order valence-corrected chi connectivity index (χ3v) is 4.81. The van der Waals surface area contributed by atoms with E-state index < -0.39 is 0 Å². The maximum Gasteiger partial charge on any atom is 0.270 e. The predicted octanol–water partition coefficient (Wildman–Crippen LogP) is 1.87. The van der Waals surface area contributed by atoms with E-state index in [9.17, 15) is 9.59 Å². The Balaban J connectivity index is 1.82. The van der Waals surface area contributed by atoms with Gasteiger partial charge in [0.1, 0.15) is 5.69 Å². The summed E-state index contributed by atoms with van der Waals surface area (Å²) < 4.78 is 0. The summed E-state index contributed by atoms with van der Waals surface area (Å²) in [5, 5.41) is 13.9. The van der Waals surface area contributed by atoms with Crippen LogP contribution < -0.4 is 0 Å². The van der Waals surface area contributed by atoms with Crippen LogP contribution in [0.2, 0.25) is 0 Å². The van der Waals surface area contributed by atoms with E-state index in [1.165, 1.54) is 0 Å². The Morgan fingerprint density at radius 1 is 1.36 bits per heavy atom. The maximum absolute atomic E-state index is 12.9. The van der Waals surface area contributed by atoms with Crippen molar-refractivity contribution >= 4 is 11.7 Å². The van der Waals surface area contributed by atoms with Gasteiger partial charge in [0, 0.05) is 37.2 Å². The first-order valence-electron chi connectivity index (χ1n) is 8.43. The highest BCUT2D eigenvalue weighted by Crippen LogP contribution is 2.36. The van der Waals surface area contributed by atoms with Crippen molar-refractivity contribution in [2.75, 3.05) is 13.6 Å². The summed E-state index contributed by atoms with van der Waals surface area (Å²) in [5.74, 6) is 0.506. The number of nitrogens with zero attached hydrogens (tertiary/aromatic N) is 4. The number of rotatable bonds is 4. The SMILES string of the molecule is Cc1c(C(=O)N(C)C[C@@H](C)c2nn[nH]n2)[nH]c2c1C(=O)CC(C)(C)C2. The van der Waals surface area contributed by atoms with Crippen LogP contribution in [0.4, 0.5) is 0 Å². The maximum atomic E-state index is 12.9.